The zero-order valence-corrected chi connectivity index (χ0v) is 24.0. The average Bonchev–Trinajstić information content (AvgIpc) is 3.41. The lowest BCUT2D eigenvalue weighted by Gasteiger charge is -2.37. The maximum Gasteiger partial charge on any atom is 0.337 e. The first-order valence-electron chi connectivity index (χ1n) is 13.6. The summed E-state index contributed by atoms with van der Waals surface area (Å²) in [6.45, 7) is 0.369. The number of nitrogens with zero attached hydrogens (tertiary/aromatic N) is 4. The monoisotopic (exact) mass is 614 g/mol. The third kappa shape index (κ3) is 4.99. The van der Waals surface area contributed by atoms with Crippen LogP contribution in [0.15, 0.2) is 45.3 Å². The van der Waals surface area contributed by atoms with Crippen molar-refractivity contribution in [1.82, 2.24) is 15.4 Å². The second-order valence-corrected chi connectivity index (χ2v) is 12.1. The van der Waals surface area contributed by atoms with Gasteiger partial charge >= 0.3 is 12.0 Å². The van der Waals surface area contributed by atoms with E-state index in [1.807, 2.05) is 6.07 Å². The number of piperidine rings is 1. The van der Waals surface area contributed by atoms with Crippen LogP contribution in [-0.4, -0.2) is 44.6 Å². The van der Waals surface area contributed by atoms with E-state index in [1.54, 1.807) is 18.2 Å². The van der Waals surface area contributed by atoms with E-state index in [0.29, 0.717) is 51.3 Å². The van der Waals surface area contributed by atoms with Gasteiger partial charge in [0, 0.05) is 34.7 Å². The molecule has 1 N–H and O–H groups in total. The summed E-state index contributed by atoms with van der Waals surface area (Å²) >= 11 is 19.2. The van der Waals surface area contributed by atoms with Crippen molar-refractivity contribution in [2.24, 2.45) is 0 Å². The molecule has 212 valence electrons. The van der Waals surface area contributed by atoms with E-state index < -0.39 is 5.97 Å². The molecule has 2 aromatic heterocycles. The standard InChI is InChI=1S/C29H25Cl3N4O5/c30-21-2-1-3-22(31)24(21)25-20(26(41-35-25)14-4-5-14)13-39-18-11-16-7-8-17(12-18)36(16)29-34-33-27(40-29)15-6-9-19(28(37)38)23(32)10-15/h1-3,6,9-10,14,16-18H,4-5,7-8,11-13H2,(H,37,38)/t16-,17+,18+. The van der Waals surface area contributed by atoms with Crippen LogP contribution < -0.4 is 4.90 Å². The van der Waals surface area contributed by atoms with E-state index in [4.69, 9.17) is 48.5 Å². The third-order valence-corrected chi connectivity index (χ3v) is 9.14. The average molecular weight is 616 g/mol. The Kier molecular flexibility index (Phi) is 6.93. The van der Waals surface area contributed by atoms with Gasteiger partial charge in [-0.2, -0.15) is 0 Å². The van der Waals surface area contributed by atoms with E-state index >= 15 is 0 Å². The molecule has 1 saturated carbocycles. The number of aromatic carboxylic acids is 1. The maximum atomic E-state index is 11.3. The highest BCUT2D eigenvalue weighted by Gasteiger charge is 2.44. The van der Waals surface area contributed by atoms with Crippen LogP contribution in [0.1, 0.15) is 66.1 Å². The van der Waals surface area contributed by atoms with Gasteiger partial charge in [0.2, 0.25) is 5.89 Å². The highest BCUT2D eigenvalue weighted by atomic mass is 35.5. The Labute approximate surface area is 250 Å². The van der Waals surface area contributed by atoms with Crippen molar-refractivity contribution in [3.63, 3.8) is 0 Å². The number of hydrogen-bond acceptors (Lipinski definition) is 8. The SMILES string of the molecule is O=C(O)c1ccc(-c2nnc(N3[C@@H]4CC[C@H]3C[C@@H](OCc3c(-c5c(Cl)cccc5Cl)noc3C3CC3)C4)o2)cc1Cl. The lowest BCUT2D eigenvalue weighted by Crippen LogP contribution is -2.45. The number of fused-ring (bicyclic) bond motifs is 2. The summed E-state index contributed by atoms with van der Waals surface area (Å²) in [5.74, 6) is 0.427. The van der Waals surface area contributed by atoms with Crippen LogP contribution in [-0.2, 0) is 11.3 Å². The largest absolute Gasteiger partial charge is 0.478 e. The molecular weight excluding hydrogens is 591 g/mol. The van der Waals surface area contributed by atoms with Gasteiger partial charge in [0.1, 0.15) is 11.5 Å². The number of benzene rings is 2. The van der Waals surface area contributed by atoms with Gasteiger partial charge in [-0.1, -0.05) is 51.1 Å². The molecule has 4 heterocycles. The molecule has 0 spiro atoms. The number of ether oxygens (including phenoxy) is 1. The number of halogens is 3. The minimum Gasteiger partial charge on any atom is -0.478 e. The summed E-state index contributed by atoms with van der Waals surface area (Å²) in [7, 11) is 0. The minimum absolute atomic E-state index is 0.0211. The van der Waals surface area contributed by atoms with E-state index in [1.165, 1.54) is 12.1 Å². The highest BCUT2D eigenvalue weighted by Crippen LogP contribution is 2.47. The van der Waals surface area contributed by atoms with Crippen molar-refractivity contribution in [1.29, 1.82) is 0 Å². The lowest BCUT2D eigenvalue weighted by molar-refractivity contribution is 0.0139. The van der Waals surface area contributed by atoms with Crippen molar-refractivity contribution in [3.05, 3.63) is 68.4 Å². The Morgan fingerprint density at radius 2 is 1.73 bits per heavy atom. The third-order valence-electron chi connectivity index (χ3n) is 8.20. The van der Waals surface area contributed by atoms with Crippen LogP contribution in [0.2, 0.25) is 15.1 Å². The summed E-state index contributed by atoms with van der Waals surface area (Å²) in [5, 5.41) is 23.3. The molecule has 3 atom stereocenters. The summed E-state index contributed by atoms with van der Waals surface area (Å²) < 4.78 is 18.4. The van der Waals surface area contributed by atoms with E-state index in [-0.39, 0.29) is 28.8 Å². The smallest absolute Gasteiger partial charge is 0.337 e. The molecule has 0 amide bonds. The van der Waals surface area contributed by atoms with Crippen LogP contribution in [0.25, 0.3) is 22.7 Å². The molecule has 9 nitrogen and oxygen atoms in total. The molecule has 3 fully saturated rings. The number of aromatic nitrogens is 3. The second kappa shape index (κ2) is 10.6. The molecule has 0 radical (unpaired) electrons. The summed E-state index contributed by atoms with van der Waals surface area (Å²) in [6.07, 6.45) is 5.83. The van der Waals surface area contributed by atoms with Gasteiger partial charge in [0.25, 0.3) is 0 Å². The predicted octanol–water partition coefficient (Wildman–Crippen LogP) is 7.64. The van der Waals surface area contributed by atoms with Gasteiger partial charge in [-0.05, 0) is 68.9 Å². The highest BCUT2D eigenvalue weighted by molar-refractivity contribution is 6.39. The predicted molar refractivity (Wildman–Crippen MR) is 153 cm³/mol. The number of carbonyl (C=O) groups is 1. The van der Waals surface area contributed by atoms with Crippen LogP contribution >= 0.6 is 34.8 Å². The van der Waals surface area contributed by atoms with Gasteiger partial charge in [-0.15, -0.1) is 5.10 Å². The van der Waals surface area contributed by atoms with Crippen molar-refractivity contribution in [2.75, 3.05) is 4.90 Å². The van der Waals surface area contributed by atoms with Gasteiger partial charge < -0.3 is 23.7 Å². The van der Waals surface area contributed by atoms with Crippen molar-refractivity contribution < 1.29 is 23.6 Å². The lowest BCUT2D eigenvalue weighted by atomic mass is 10.00. The summed E-state index contributed by atoms with van der Waals surface area (Å²) in [5.41, 5.74) is 2.84. The summed E-state index contributed by atoms with van der Waals surface area (Å²) in [4.78, 5) is 13.5. The number of carboxylic acids is 1. The van der Waals surface area contributed by atoms with Crippen molar-refractivity contribution >= 4 is 46.8 Å². The Balaban J connectivity index is 1.07. The van der Waals surface area contributed by atoms with E-state index in [0.717, 1.165) is 49.8 Å². The van der Waals surface area contributed by atoms with Gasteiger partial charge in [0.15, 0.2) is 0 Å². The fraction of sp³-hybridized carbons (Fsp3) is 0.379. The molecule has 0 unspecified atom stereocenters. The Morgan fingerprint density at radius 3 is 2.39 bits per heavy atom. The second-order valence-electron chi connectivity index (χ2n) is 10.8. The normalized spacial score (nSPS) is 21.9. The number of anilines is 1. The van der Waals surface area contributed by atoms with Crippen LogP contribution in [0.5, 0.6) is 0 Å². The fourth-order valence-electron chi connectivity index (χ4n) is 6.08. The van der Waals surface area contributed by atoms with E-state index in [9.17, 15) is 9.90 Å². The quantitative estimate of drug-likeness (QED) is 0.213. The number of hydrogen-bond donors (Lipinski definition) is 1. The van der Waals surface area contributed by atoms with Crippen LogP contribution in [0.4, 0.5) is 6.01 Å². The molecular formula is C29H25Cl3N4O5. The molecule has 2 aromatic carbocycles. The van der Waals surface area contributed by atoms with E-state index in [2.05, 4.69) is 20.3 Å². The molecule has 7 rings (SSSR count). The first kappa shape index (κ1) is 26.8. The molecule has 2 aliphatic heterocycles. The molecule has 3 aliphatic rings. The van der Waals surface area contributed by atoms with Gasteiger partial charge in [-0.3, -0.25) is 0 Å². The maximum absolute atomic E-state index is 11.3. The topological polar surface area (TPSA) is 115 Å². The fourth-order valence-corrected chi connectivity index (χ4v) is 6.92. The Morgan fingerprint density at radius 1 is 1.00 bits per heavy atom. The Hall–Kier alpha value is -3.11. The number of carboxylic acid groups (broad SMARTS) is 1. The molecule has 1 aliphatic carbocycles. The minimum atomic E-state index is -1.09. The molecule has 4 aromatic rings. The zero-order valence-electron chi connectivity index (χ0n) is 21.7. The number of rotatable bonds is 8. The molecule has 41 heavy (non-hydrogen) atoms. The Bertz CT molecular complexity index is 1600. The first-order chi connectivity index (χ1) is 19.9. The van der Waals surface area contributed by atoms with Crippen LogP contribution in [0, 0.1) is 0 Å². The van der Waals surface area contributed by atoms with Gasteiger partial charge in [0.05, 0.1) is 33.3 Å². The first-order valence-corrected chi connectivity index (χ1v) is 14.7. The summed E-state index contributed by atoms with van der Waals surface area (Å²) in [6, 6.07) is 10.9. The van der Waals surface area contributed by atoms with Crippen molar-refractivity contribution in [3.8, 4) is 22.7 Å². The molecule has 12 heteroatoms. The molecule has 2 saturated heterocycles. The van der Waals surface area contributed by atoms with Crippen molar-refractivity contribution in [2.45, 2.75) is 69.2 Å². The van der Waals surface area contributed by atoms with Gasteiger partial charge in [-0.25, -0.2) is 4.79 Å². The van der Waals surface area contributed by atoms with Crippen LogP contribution in [0.3, 0.4) is 0 Å². The zero-order chi connectivity index (χ0) is 28.2. The molecule has 2 bridgehead atoms.